The van der Waals surface area contributed by atoms with Gasteiger partial charge in [0.2, 0.25) is 5.91 Å². The van der Waals surface area contributed by atoms with Crippen molar-refractivity contribution in [1.82, 2.24) is 4.90 Å². The normalized spacial score (nSPS) is 18.0. The maximum atomic E-state index is 11.5. The molecule has 2 nitrogen and oxygen atoms in total. The van der Waals surface area contributed by atoms with E-state index in [1.54, 1.807) is 0 Å². The van der Waals surface area contributed by atoms with Gasteiger partial charge in [-0.15, -0.1) is 0 Å². The van der Waals surface area contributed by atoms with E-state index in [2.05, 4.69) is 13.0 Å². The number of hydrogen-bond acceptors (Lipinski definition) is 1. The molecule has 1 rings (SSSR count). The van der Waals surface area contributed by atoms with Crippen LogP contribution >= 0.6 is 0 Å². The van der Waals surface area contributed by atoms with E-state index in [9.17, 15) is 4.79 Å². The molecule has 68 valence electrons. The molecule has 1 aliphatic rings. The first-order valence-corrected chi connectivity index (χ1v) is 4.55. The van der Waals surface area contributed by atoms with Crippen LogP contribution in [0.25, 0.3) is 0 Å². The molecule has 0 saturated carbocycles. The van der Waals surface area contributed by atoms with Crippen molar-refractivity contribution in [3.05, 3.63) is 11.6 Å². The summed E-state index contributed by atoms with van der Waals surface area (Å²) in [6.45, 7) is 7.72. The van der Waals surface area contributed by atoms with Crippen molar-refractivity contribution in [2.75, 3.05) is 13.1 Å². The topological polar surface area (TPSA) is 20.3 Å². The molecule has 1 aliphatic heterocycles. The molecule has 0 spiro atoms. The first kappa shape index (κ1) is 9.30. The SMILES string of the molecule is CC1=CCCN(C(=O)C(C)C)C1. The van der Waals surface area contributed by atoms with Gasteiger partial charge in [0, 0.05) is 19.0 Å². The fourth-order valence-electron chi connectivity index (χ4n) is 1.46. The molecule has 0 atom stereocenters. The highest BCUT2D eigenvalue weighted by Crippen LogP contribution is 2.11. The van der Waals surface area contributed by atoms with Crippen molar-refractivity contribution in [2.24, 2.45) is 5.92 Å². The lowest BCUT2D eigenvalue weighted by molar-refractivity contribution is -0.134. The summed E-state index contributed by atoms with van der Waals surface area (Å²) < 4.78 is 0. The molecule has 0 radical (unpaired) electrons. The van der Waals surface area contributed by atoms with Crippen molar-refractivity contribution in [1.29, 1.82) is 0 Å². The molecular weight excluding hydrogens is 150 g/mol. The summed E-state index contributed by atoms with van der Waals surface area (Å²) in [7, 11) is 0. The maximum Gasteiger partial charge on any atom is 0.225 e. The summed E-state index contributed by atoms with van der Waals surface area (Å²) in [5.74, 6) is 0.415. The molecule has 0 bridgehead atoms. The average Bonchev–Trinajstić information content (AvgIpc) is 2.03. The number of hydrogen-bond donors (Lipinski definition) is 0. The van der Waals surface area contributed by atoms with E-state index >= 15 is 0 Å². The summed E-state index contributed by atoms with van der Waals surface area (Å²) in [4.78, 5) is 13.5. The third kappa shape index (κ3) is 2.10. The predicted octanol–water partition coefficient (Wildman–Crippen LogP) is 1.82. The van der Waals surface area contributed by atoms with Crippen LogP contribution in [0.15, 0.2) is 11.6 Å². The van der Waals surface area contributed by atoms with Crippen LogP contribution in [0.4, 0.5) is 0 Å². The molecule has 0 aliphatic carbocycles. The summed E-state index contributed by atoms with van der Waals surface area (Å²) >= 11 is 0. The van der Waals surface area contributed by atoms with Gasteiger partial charge in [-0.3, -0.25) is 4.79 Å². The van der Waals surface area contributed by atoms with E-state index in [1.807, 2.05) is 18.7 Å². The van der Waals surface area contributed by atoms with Crippen molar-refractivity contribution < 1.29 is 4.79 Å². The lowest BCUT2D eigenvalue weighted by Crippen LogP contribution is -2.37. The van der Waals surface area contributed by atoms with Crippen molar-refractivity contribution in [3.63, 3.8) is 0 Å². The molecule has 1 amide bonds. The van der Waals surface area contributed by atoms with Gasteiger partial charge in [0.25, 0.3) is 0 Å². The second kappa shape index (κ2) is 3.74. The van der Waals surface area contributed by atoms with E-state index in [1.165, 1.54) is 5.57 Å². The molecule has 0 unspecified atom stereocenters. The van der Waals surface area contributed by atoms with Gasteiger partial charge in [-0.1, -0.05) is 25.5 Å². The van der Waals surface area contributed by atoms with Gasteiger partial charge < -0.3 is 4.90 Å². The summed E-state index contributed by atoms with van der Waals surface area (Å²) in [5, 5.41) is 0. The quantitative estimate of drug-likeness (QED) is 0.545. The zero-order chi connectivity index (χ0) is 9.14. The number of carbonyl (C=O) groups excluding carboxylic acids is 1. The Balaban J connectivity index is 2.55. The smallest absolute Gasteiger partial charge is 0.225 e. The van der Waals surface area contributed by atoms with Crippen LogP contribution in [0.2, 0.25) is 0 Å². The van der Waals surface area contributed by atoms with E-state index in [4.69, 9.17) is 0 Å². The fourth-order valence-corrected chi connectivity index (χ4v) is 1.46. The zero-order valence-electron chi connectivity index (χ0n) is 8.13. The Morgan fingerprint density at radius 2 is 2.25 bits per heavy atom. The van der Waals surface area contributed by atoms with Gasteiger partial charge in [0.15, 0.2) is 0 Å². The molecule has 0 aromatic rings. The van der Waals surface area contributed by atoms with Crippen LogP contribution in [-0.2, 0) is 4.79 Å². The number of rotatable bonds is 1. The highest BCUT2D eigenvalue weighted by Gasteiger charge is 2.18. The average molecular weight is 167 g/mol. The Labute approximate surface area is 74.2 Å². The number of nitrogens with zero attached hydrogens (tertiary/aromatic N) is 1. The van der Waals surface area contributed by atoms with Crippen LogP contribution in [-0.4, -0.2) is 23.9 Å². The minimum Gasteiger partial charge on any atom is -0.338 e. The molecule has 1 heterocycles. The highest BCUT2D eigenvalue weighted by atomic mass is 16.2. The number of carbonyl (C=O) groups is 1. The van der Waals surface area contributed by atoms with E-state index in [0.717, 1.165) is 19.5 Å². The number of amides is 1. The second-order valence-electron chi connectivity index (χ2n) is 3.75. The van der Waals surface area contributed by atoms with Gasteiger partial charge in [-0.05, 0) is 13.3 Å². The highest BCUT2D eigenvalue weighted by molar-refractivity contribution is 5.78. The van der Waals surface area contributed by atoms with Gasteiger partial charge in [-0.25, -0.2) is 0 Å². The summed E-state index contributed by atoms with van der Waals surface area (Å²) in [5.41, 5.74) is 1.32. The standard InChI is InChI=1S/C10H17NO/c1-8(2)10(12)11-6-4-5-9(3)7-11/h5,8H,4,6-7H2,1-3H3. The van der Waals surface area contributed by atoms with E-state index in [-0.39, 0.29) is 11.8 Å². The molecule has 2 heteroatoms. The second-order valence-corrected chi connectivity index (χ2v) is 3.75. The van der Waals surface area contributed by atoms with Crippen LogP contribution in [0.3, 0.4) is 0 Å². The first-order chi connectivity index (χ1) is 5.61. The van der Waals surface area contributed by atoms with Crippen LogP contribution in [0.5, 0.6) is 0 Å². The third-order valence-electron chi connectivity index (χ3n) is 2.14. The van der Waals surface area contributed by atoms with Crippen molar-refractivity contribution in [3.8, 4) is 0 Å². The largest absolute Gasteiger partial charge is 0.338 e. The van der Waals surface area contributed by atoms with Crippen molar-refractivity contribution in [2.45, 2.75) is 27.2 Å². The first-order valence-electron chi connectivity index (χ1n) is 4.55. The maximum absolute atomic E-state index is 11.5. The molecule has 0 fully saturated rings. The minimum atomic E-state index is 0.135. The molecular formula is C10H17NO. The Kier molecular flexibility index (Phi) is 2.90. The lowest BCUT2D eigenvalue weighted by atomic mass is 10.1. The van der Waals surface area contributed by atoms with Crippen LogP contribution < -0.4 is 0 Å². The van der Waals surface area contributed by atoms with Gasteiger partial charge in [0.05, 0.1) is 0 Å². The van der Waals surface area contributed by atoms with Crippen LogP contribution in [0, 0.1) is 5.92 Å². The fraction of sp³-hybridized carbons (Fsp3) is 0.700. The Morgan fingerprint density at radius 1 is 1.58 bits per heavy atom. The van der Waals surface area contributed by atoms with Crippen molar-refractivity contribution >= 4 is 5.91 Å². The van der Waals surface area contributed by atoms with E-state index < -0.39 is 0 Å². The van der Waals surface area contributed by atoms with E-state index in [0.29, 0.717) is 0 Å². The lowest BCUT2D eigenvalue weighted by Gasteiger charge is -2.27. The monoisotopic (exact) mass is 167 g/mol. The Hall–Kier alpha value is -0.790. The molecule has 0 aromatic heterocycles. The van der Waals surface area contributed by atoms with Crippen LogP contribution in [0.1, 0.15) is 27.2 Å². The Bertz CT molecular complexity index is 206. The Morgan fingerprint density at radius 3 is 2.75 bits per heavy atom. The molecule has 0 N–H and O–H groups in total. The zero-order valence-corrected chi connectivity index (χ0v) is 8.13. The molecule has 12 heavy (non-hydrogen) atoms. The minimum absolute atomic E-state index is 0.135. The predicted molar refractivity (Wildman–Crippen MR) is 49.8 cm³/mol. The van der Waals surface area contributed by atoms with Gasteiger partial charge >= 0.3 is 0 Å². The summed E-state index contributed by atoms with van der Waals surface area (Å²) in [6, 6.07) is 0. The van der Waals surface area contributed by atoms with Gasteiger partial charge in [-0.2, -0.15) is 0 Å². The molecule has 0 aromatic carbocycles. The van der Waals surface area contributed by atoms with Gasteiger partial charge in [0.1, 0.15) is 0 Å². The molecule has 0 saturated heterocycles. The summed E-state index contributed by atoms with van der Waals surface area (Å²) in [6.07, 6.45) is 3.23. The third-order valence-corrected chi connectivity index (χ3v) is 2.14.